The van der Waals surface area contributed by atoms with Gasteiger partial charge in [-0.1, -0.05) is 152 Å². The van der Waals surface area contributed by atoms with E-state index < -0.39 is 5.41 Å². The molecule has 0 N–H and O–H groups in total. The van der Waals surface area contributed by atoms with E-state index in [2.05, 4.69) is 159 Å². The topological polar surface area (TPSA) is 35.0 Å². The summed E-state index contributed by atoms with van der Waals surface area (Å²) in [4.78, 5) is 10.7. The second kappa shape index (κ2) is 10.8. The molecule has 7 aromatic carbocycles. The van der Waals surface area contributed by atoms with Gasteiger partial charge in [0.2, 0.25) is 0 Å². The standard InChI is InChI=1S/C47H32N2O/c1-3-14-41-29(2)43(32-17-5-4-6-18-32)49-46(48-41)37-23-13-22-36-35-21-11-12-24-38(35)47(42(36)37)39-27-25-30-15-7-9-19-33(30)44(39)50-45-34-20-10-8-16-31(34)26-28-40(45)47/h3-28H,1-2H3/b14-3-. The third kappa shape index (κ3) is 3.86. The van der Waals surface area contributed by atoms with Crippen molar-refractivity contribution in [2.45, 2.75) is 19.3 Å². The van der Waals surface area contributed by atoms with Gasteiger partial charge in [-0.25, -0.2) is 9.97 Å². The van der Waals surface area contributed by atoms with Gasteiger partial charge >= 0.3 is 0 Å². The first-order valence-corrected chi connectivity index (χ1v) is 17.2. The normalized spacial score (nSPS) is 13.6. The first kappa shape index (κ1) is 28.7. The molecule has 236 valence electrons. The van der Waals surface area contributed by atoms with Crippen LogP contribution < -0.4 is 4.74 Å². The van der Waals surface area contributed by atoms with Crippen molar-refractivity contribution in [2.75, 3.05) is 0 Å². The summed E-state index contributed by atoms with van der Waals surface area (Å²) < 4.78 is 7.17. The SMILES string of the molecule is C/C=C\c1nc(-c2cccc3c2C2(c4ccccc4-3)c3ccc4ccccc4c3Oc3c2ccc2ccccc32)nc(-c2ccccc2)c1C. The van der Waals surface area contributed by atoms with E-state index in [1.54, 1.807) is 0 Å². The molecule has 1 aliphatic heterocycles. The summed E-state index contributed by atoms with van der Waals surface area (Å²) >= 11 is 0. The summed E-state index contributed by atoms with van der Waals surface area (Å²) in [5.41, 5.74) is 11.4. The number of nitrogens with zero attached hydrogens (tertiary/aromatic N) is 2. The van der Waals surface area contributed by atoms with Gasteiger partial charge in [-0.2, -0.15) is 0 Å². The predicted octanol–water partition coefficient (Wildman–Crippen LogP) is 11.9. The van der Waals surface area contributed by atoms with Crippen LogP contribution in [0.15, 0.2) is 152 Å². The molecule has 2 aliphatic rings. The largest absolute Gasteiger partial charge is 0.455 e. The van der Waals surface area contributed by atoms with Crippen LogP contribution in [0.2, 0.25) is 0 Å². The fraction of sp³-hybridized carbons (Fsp3) is 0.0638. The van der Waals surface area contributed by atoms with Gasteiger partial charge in [0.15, 0.2) is 5.82 Å². The number of benzene rings is 7. The molecular weight excluding hydrogens is 609 g/mol. The molecule has 0 bridgehead atoms. The molecular formula is C47H32N2O. The zero-order chi connectivity index (χ0) is 33.4. The van der Waals surface area contributed by atoms with Gasteiger partial charge in [0, 0.05) is 38.6 Å². The predicted molar refractivity (Wildman–Crippen MR) is 205 cm³/mol. The molecule has 0 saturated carbocycles. The lowest BCUT2D eigenvalue weighted by Gasteiger charge is -2.41. The van der Waals surface area contributed by atoms with E-state index in [4.69, 9.17) is 14.7 Å². The maximum Gasteiger partial charge on any atom is 0.160 e. The summed E-state index contributed by atoms with van der Waals surface area (Å²) in [5.74, 6) is 2.50. The minimum absolute atomic E-state index is 0.693. The van der Waals surface area contributed by atoms with Gasteiger partial charge in [0.05, 0.1) is 16.8 Å². The summed E-state index contributed by atoms with van der Waals surface area (Å²) in [6.45, 7) is 4.16. The Kier molecular flexibility index (Phi) is 6.22. The molecule has 10 rings (SSSR count). The van der Waals surface area contributed by atoms with Crippen LogP contribution in [0, 0.1) is 6.92 Å². The number of ether oxygens (including phenoxy) is 1. The summed E-state index contributed by atoms with van der Waals surface area (Å²) in [6.07, 6.45) is 4.15. The van der Waals surface area contributed by atoms with Crippen LogP contribution in [0.4, 0.5) is 0 Å². The molecule has 3 nitrogen and oxygen atoms in total. The van der Waals surface area contributed by atoms with Crippen molar-refractivity contribution in [3.05, 3.63) is 185 Å². The van der Waals surface area contributed by atoms with Crippen molar-refractivity contribution in [3.63, 3.8) is 0 Å². The van der Waals surface area contributed by atoms with Gasteiger partial charge < -0.3 is 4.74 Å². The van der Waals surface area contributed by atoms with Gasteiger partial charge in [-0.05, 0) is 52.9 Å². The van der Waals surface area contributed by atoms with Gasteiger partial charge in [0.25, 0.3) is 0 Å². The Morgan fingerprint density at radius 2 is 1.14 bits per heavy atom. The minimum atomic E-state index is -0.693. The lowest BCUT2D eigenvalue weighted by molar-refractivity contribution is 0.447. The minimum Gasteiger partial charge on any atom is -0.455 e. The zero-order valence-corrected chi connectivity index (χ0v) is 27.8. The number of aromatic nitrogens is 2. The third-order valence-corrected chi connectivity index (χ3v) is 10.6. The molecule has 0 atom stereocenters. The van der Waals surface area contributed by atoms with Gasteiger partial charge in [-0.15, -0.1) is 0 Å². The number of rotatable bonds is 3. The van der Waals surface area contributed by atoms with Crippen LogP contribution in [-0.4, -0.2) is 9.97 Å². The first-order valence-electron chi connectivity index (χ1n) is 17.2. The number of allylic oxidation sites excluding steroid dienone is 1. The number of hydrogen-bond donors (Lipinski definition) is 0. The molecule has 0 fully saturated rings. The average molecular weight is 641 g/mol. The molecule has 1 aliphatic carbocycles. The second-order valence-corrected chi connectivity index (χ2v) is 13.2. The third-order valence-electron chi connectivity index (χ3n) is 10.6. The van der Waals surface area contributed by atoms with E-state index in [0.717, 1.165) is 72.2 Å². The smallest absolute Gasteiger partial charge is 0.160 e. The Bertz CT molecular complexity index is 2620. The fourth-order valence-corrected chi connectivity index (χ4v) is 8.50. The van der Waals surface area contributed by atoms with Crippen LogP contribution in [0.5, 0.6) is 11.5 Å². The van der Waals surface area contributed by atoms with Crippen molar-refractivity contribution < 1.29 is 4.74 Å². The van der Waals surface area contributed by atoms with Crippen molar-refractivity contribution in [1.29, 1.82) is 0 Å². The molecule has 0 amide bonds. The highest BCUT2D eigenvalue weighted by molar-refractivity contribution is 6.01. The van der Waals surface area contributed by atoms with Gasteiger partial charge in [-0.3, -0.25) is 0 Å². The van der Waals surface area contributed by atoms with E-state index in [-0.39, 0.29) is 0 Å². The van der Waals surface area contributed by atoms with Crippen LogP contribution in [0.1, 0.15) is 40.4 Å². The van der Waals surface area contributed by atoms with E-state index in [1.165, 1.54) is 22.3 Å². The Balaban J connectivity index is 1.39. The van der Waals surface area contributed by atoms with Crippen LogP contribution in [-0.2, 0) is 5.41 Å². The Hall–Kier alpha value is -6.32. The highest BCUT2D eigenvalue weighted by Gasteiger charge is 2.53. The van der Waals surface area contributed by atoms with E-state index >= 15 is 0 Å². The summed E-state index contributed by atoms with van der Waals surface area (Å²) in [6, 6.07) is 52.1. The lowest BCUT2D eigenvalue weighted by Crippen LogP contribution is -2.33. The molecule has 0 radical (unpaired) electrons. The average Bonchev–Trinajstić information content (AvgIpc) is 3.47. The molecule has 0 unspecified atom stereocenters. The maximum atomic E-state index is 7.17. The number of fused-ring (bicyclic) bond motifs is 13. The van der Waals surface area contributed by atoms with E-state index in [9.17, 15) is 0 Å². The van der Waals surface area contributed by atoms with E-state index in [0.29, 0.717) is 5.82 Å². The molecule has 0 saturated heterocycles. The van der Waals surface area contributed by atoms with Crippen molar-refractivity contribution in [3.8, 4) is 45.3 Å². The Morgan fingerprint density at radius 3 is 1.84 bits per heavy atom. The second-order valence-electron chi connectivity index (χ2n) is 13.2. The molecule has 2 heterocycles. The lowest BCUT2D eigenvalue weighted by atomic mass is 9.64. The fourth-order valence-electron chi connectivity index (χ4n) is 8.50. The molecule has 1 aromatic heterocycles. The Labute approximate surface area is 291 Å². The highest BCUT2D eigenvalue weighted by Crippen LogP contribution is 2.65. The molecule has 8 aromatic rings. The quantitative estimate of drug-likeness (QED) is 0.193. The zero-order valence-electron chi connectivity index (χ0n) is 27.8. The van der Waals surface area contributed by atoms with Crippen molar-refractivity contribution in [2.24, 2.45) is 0 Å². The summed E-state index contributed by atoms with van der Waals surface area (Å²) in [5, 5.41) is 4.49. The van der Waals surface area contributed by atoms with Crippen LogP contribution in [0.25, 0.3) is 61.4 Å². The van der Waals surface area contributed by atoms with Gasteiger partial charge in [0.1, 0.15) is 11.5 Å². The molecule has 1 spiro atoms. The Morgan fingerprint density at radius 1 is 0.540 bits per heavy atom. The monoisotopic (exact) mass is 640 g/mol. The summed E-state index contributed by atoms with van der Waals surface area (Å²) in [7, 11) is 0. The van der Waals surface area contributed by atoms with Crippen LogP contribution >= 0.6 is 0 Å². The molecule has 3 heteroatoms. The maximum absolute atomic E-state index is 7.17. The van der Waals surface area contributed by atoms with E-state index in [1.807, 2.05) is 13.0 Å². The van der Waals surface area contributed by atoms with Crippen molar-refractivity contribution >= 4 is 27.6 Å². The van der Waals surface area contributed by atoms with Crippen molar-refractivity contribution in [1.82, 2.24) is 9.97 Å². The van der Waals surface area contributed by atoms with Crippen LogP contribution in [0.3, 0.4) is 0 Å². The molecule has 50 heavy (non-hydrogen) atoms. The first-order chi connectivity index (χ1) is 24.7. The number of hydrogen-bond acceptors (Lipinski definition) is 3. The highest BCUT2D eigenvalue weighted by atomic mass is 16.5.